The first kappa shape index (κ1) is 16.1. The Bertz CT molecular complexity index is 669. The Hall–Kier alpha value is -2.27. The van der Waals surface area contributed by atoms with E-state index in [1.807, 2.05) is 0 Å². The molecule has 22 heavy (non-hydrogen) atoms. The molecule has 0 radical (unpaired) electrons. The average molecular weight is 305 g/mol. The van der Waals surface area contributed by atoms with Gasteiger partial charge in [-0.2, -0.15) is 0 Å². The van der Waals surface area contributed by atoms with Gasteiger partial charge in [0.05, 0.1) is 0 Å². The lowest BCUT2D eigenvalue weighted by Crippen LogP contribution is -2.35. The molecule has 0 aliphatic rings. The Labute approximate surface area is 127 Å². The van der Waals surface area contributed by atoms with Gasteiger partial charge in [0.25, 0.3) is 0 Å². The molecule has 3 N–H and O–H groups in total. The molecule has 5 heteroatoms. The summed E-state index contributed by atoms with van der Waals surface area (Å²) in [6.45, 7) is 1.32. The first-order valence-electron chi connectivity index (χ1n) is 6.82. The zero-order valence-corrected chi connectivity index (χ0v) is 12.1. The first-order valence-corrected chi connectivity index (χ1v) is 6.82. The summed E-state index contributed by atoms with van der Waals surface area (Å²) in [5, 5.41) is 10.4. The number of nitrogens with two attached hydrogens (primary N) is 1. The maximum atomic E-state index is 14.6. The van der Waals surface area contributed by atoms with Crippen molar-refractivity contribution in [1.82, 2.24) is 0 Å². The van der Waals surface area contributed by atoms with Crippen molar-refractivity contribution >= 4 is 5.91 Å². The zero-order chi connectivity index (χ0) is 16.3. The zero-order valence-electron chi connectivity index (χ0n) is 12.1. The van der Waals surface area contributed by atoms with E-state index in [2.05, 4.69) is 0 Å². The lowest BCUT2D eigenvalue weighted by atomic mass is 9.86. The monoisotopic (exact) mass is 305 g/mol. The van der Waals surface area contributed by atoms with Crippen molar-refractivity contribution in [1.29, 1.82) is 0 Å². The largest absolute Gasteiger partial charge is 0.382 e. The molecule has 0 aromatic heterocycles. The molecular formula is C17H17F2NO2. The molecule has 0 unspecified atom stereocenters. The van der Waals surface area contributed by atoms with E-state index in [1.54, 1.807) is 18.2 Å². The molecule has 0 aliphatic carbocycles. The Balaban J connectivity index is 2.26. The van der Waals surface area contributed by atoms with E-state index in [9.17, 15) is 18.7 Å². The molecule has 2 aromatic carbocycles. The van der Waals surface area contributed by atoms with Gasteiger partial charge >= 0.3 is 0 Å². The fourth-order valence-corrected chi connectivity index (χ4v) is 2.30. The van der Waals surface area contributed by atoms with E-state index in [-0.39, 0.29) is 17.5 Å². The molecule has 3 nitrogen and oxygen atoms in total. The summed E-state index contributed by atoms with van der Waals surface area (Å²) in [6, 6.07) is 11.4. The van der Waals surface area contributed by atoms with Crippen LogP contribution in [-0.4, -0.2) is 17.2 Å². The lowest BCUT2D eigenvalue weighted by Gasteiger charge is -2.28. The number of alkyl halides is 1. The minimum absolute atomic E-state index is 0.177. The highest BCUT2D eigenvalue weighted by Gasteiger charge is 2.34. The van der Waals surface area contributed by atoms with Crippen LogP contribution in [-0.2, 0) is 12.0 Å². The summed E-state index contributed by atoms with van der Waals surface area (Å²) < 4.78 is 27.5. The number of benzene rings is 2. The molecule has 0 saturated heterocycles. The molecule has 1 amide bonds. The highest BCUT2D eigenvalue weighted by atomic mass is 19.1. The quantitative estimate of drug-likeness (QED) is 0.892. The third-order valence-electron chi connectivity index (χ3n) is 3.72. The van der Waals surface area contributed by atoms with E-state index in [1.165, 1.54) is 25.1 Å². The summed E-state index contributed by atoms with van der Waals surface area (Å²) in [7, 11) is 0. The molecule has 116 valence electrons. The van der Waals surface area contributed by atoms with E-state index in [4.69, 9.17) is 5.73 Å². The van der Waals surface area contributed by atoms with Crippen molar-refractivity contribution < 1.29 is 18.7 Å². The van der Waals surface area contributed by atoms with Crippen molar-refractivity contribution in [2.24, 2.45) is 5.73 Å². The number of hydrogen-bond acceptors (Lipinski definition) is 2. The van der Waals surface area contributed by atoms with Crippen molar-refractivity contribution in [2.75, 3.05) is 0 Å². The van der Waals surface area contributed by atoms with Crippen molar-refractivity contribution in [3.8, 4) is 0 Å². The van der Waals surface area contributed by atoms with E-state index in [0.717, 1.165) is 12.1 Å². The maximum absolute atomic E-state index is 14.6. The number of carbonyl (C=O) groups excluding carboxylic acids is 1. The highest BCUT2D eigenvalue weighted by molar-refractivity contribution is 5.94. The number of carbonyl (C=O) groups is 1. The van der Waals surface area contributed by atoms with Gasteiger partial charge in [0.1, 0.15) is 17.6 Å². The van der Waals surface area contributed by atoms with E-state index < -0.39 is 23.5 Å². The van der Waals surface area contributed by atoms with Gasteiger partial charge < -0.3 is 10.8 Å². The summed E-state index contributed by atoms with van der Waals surface area (Å²) in [4.78, 5) is 11.4. The maximum Gasteiger partial charge on any atom is 0.248 e. The molecule has 2 rings (SSSR count). The number of hydrogen-bond donors (Lipinski definition) is 2. The van der Waals surface area contributed by atoms with E-state index in [0.29, 0.717) is 5.56 Å². The van der Waals surface area contributed by atoms with Gasteiger partial charge in [-0.25, -0.2) is 8.78 Å². The normalized spacial score (nSPS) is 15.1. The third kappa shape index (κ3) is 3.31. The second-order valence-electron chi connectivity index (χ2n) is 5.35. The number of amides is 1. The number of halogens is 2. The predicted molar refractivity (Wildman–Crippen MR) is 79.5 cm³/mol. The Morgan fingerprint density at radius 1 is 1.23 bits per heavy atom. The van der Waals surface area contributed by atoms with Crippen LogP contribution in [0.1, 0.15) is 28.4 Å². The Morgan fingerprint density at radius 2 is 1.82 bits per heavy atom. The van der Waals surface area contributed by atoms with Crippen LogP contribution >= 0.6 is 0 Å². The average Bonchev–Trinajstić information content (AvgIpc) is 2.48. The van der Waals surface area contributed by atoms with Gasteiger partial charge in [-0.15, -0.1) is 0 Å². The number of primary amides is 1. The molecule has 0 heterocycles. The molecule has 0 saturated carbocycles. The molecule has 0 bridgehead atoms. The molecule has 2 aromatic rings. The standard InChI is InChI=1S/C17H17F2NO2/c1-17(22,12-6-8-13(18)9-7-12)15(19)10-11-4-2-3-5-14(11)16(20)21/h2-9,15,22H,10H2,1H3,(H2,20,21)/t15-,17+/m0/s1. The molecule has 0 fully saturated rings. The van der Waals surface area contributed by atoms with Crippen LogP contribution < -0.4 is 5.73 Å². The van der Waals surface area contributed by atoms with Gasteiger partial charge in [0.2, 0.25) is 5.91 Å². The minimum Gasteiger partial charge on any atom is -0.382 e. The smallest absolute Gasteiger partial charge is 0.248 e. The Kier molecular flexibility index (Phi) is 4.56. The Morgan fingerprint density at radius 3 is 2.41 bits per heavy atom. The summed E-state index contributed by atoms with van der Waals surface area (Å²) in [5.41, 5.74) is 4.36. The van der Waals surface area contributed by atoms with Gasteiger partial charge in [0, 0.05) is 12.0 Å². The van der Waals surface area contributed by atoms with Crippen LogP contribution in [0.25, 0.3) is 0 Å². The van der Waals surface area contributed by atoms with E-state index >= 15 is 0 Å². The first-order chi connectivity index (χ1) is 10.3. The fourth-order valence-electron chi connectivity index (χ4n) is 2.30. The summed E-state index contributed by atoms with van der Waals surface area (Å²) in [6.07, 6.45) is -1.86. The summed E-state index contributed by atoms with van der Waals surface area (Å²) in [5.74, 6) is -1.11. The van der Waals surface area contributed by atoms with Crippen LogP contribution in [0.4, 0.5) is 8.78 Å². The van der Waals surface area contributed by atoms with Gasteiger partial charge in [-0.05, 0) is 36.2 Å². The van der Waals surface area contributed by atoms with Crippen molar-refractivity contribution in [3.63, 3.8) is 0 Å². The SMILES string of the molecule is C[C@@](O)(c1ccc(F)cc1)[C@@H](F)Cc1ccccc1C(N)=O. The number of rotatable bonds is 5. The molecule has 0 spiro atoms. The molecular weight excluding hydrogens is 288 g/mol. The highest BCUT2D eigenvalue weighted by Crippen LogP contribution is 2.30. The fraction of sp³-hybridized carbons (Fsp3) is 0.235. The van der Waals surface area contributed by atoms with Gasteiger partial charge in [-0.1, -0.05) is 30.3 Å². The van der Waals surface area contributed by atoms with Crippen molar-refractivity contribution in [2.45, 2.75) is 25.1 Å². The van der Waals surface area contributed by atoms with Crippen molar-refractivity contribution in [3.05, 3.63) is 71.0 Å². The van der Waals surface area contributed by atoms with Gasteiger partial charge in [-0.3, -0.25) is 4.79 Å². The molecule has 0 aliphatic heterocycles. The van der Waals surface area contributed by atoms with Crippen LogP contribution in [0.5, 0.6) is 0 Å². The second-order valence-corrected chi connectivity index (χ2v) is 5.35. The van der Waals surface area contributed by atoms with Gasteiger partial charge in [0.15, 0.2) is 0 Å². The molecule has 2 atom stereocenters. The predicted octanol–water partition coefficient (Wildman–Crippen LogP) is 2.71. The van der Waals surface area contributed by atoms with Crippen LogP contribution in [0, 0.1) is 5.82 Å². The summed E-state index contributed by atoms with van der Waals surface area (Å²) >= 11 is 0. The lowest BCUT2D eigenvalue weighted by molar-refractivity contribution is -0.0241. The number of aliphatic hydroxyl groups is 1. The second kappa shape index (κ2) is 6.23. The minimum atomic E-state index is -1.81. The third-order valence-corrected chi connectivity index (χ3v) is 3.72. The van der Waals surface area contributed by atoms with Crippen LogP contribution in [0.3, 0.4) is 0 Å². The topological polar surface area (TPSA) is 63.3 Å². The van der Waals surface area contributed by atoms with Crippen LogP contribution in [0.2, 0.25) is 0 Å². The van der Waals surface area contributed by atoms with Crippen LogP contribution in [0.15, 0.2) is 48.5 Å².